The molecule has 0 radical (unpaired) electrons. The molecule has 1 aromatic carbocycles. The second-order valence-electron chi connectivity index (χ2n) is 5.80. The van der Waals surface area contributed by atoms with E-state index in [2.05, 4.69) is 46.0 Å². The monoisotopic (exact) mass is 265 g/mol. The Morgan fingerprint density at radius 1 is 1.21 bits per heavy atom. The summed E-state index contributed by atoms with van der Waals surface area (Å²) in [6, 6.07) is 2.12. The zero-order valence-corrected chi connectivity index (χ0v) is 13.1. The van der Waals surface area contributed by atoms with E-state index < -0.39 is 0 Å². The number of aliphatic hydroxyl groups is 1. The lowest BCUT2D eigenvalue weighted by atomic mass is 9.78. The van der Waals surface area contributed by atoms with Crippen LogP contribution in [0.25, 0.3) is 0 Å². The van der Waals surface area contributed by atoms with Crippen LogP contribution in [0.4, 0.5) is 0 Å². The molecule has 0 saturated heterocycles. The molecule has 0 saturated carbocycles. The SMILES string of the molecule is COc1cc(C)c(C(C)(C)CNCCO)c(C)c1C. The van der Waals surface area contributed by atoms with Crippen molar-refractivity contribution in [3.63, 3.8) is 0 Å². The molecule has 1 aromatic rings. The van der Waals surface area contributed by atoms with Crippen molar-refractivity contribution in [3.05, 3.63) is 28.3 Å². The molecule has 0 fully saturated rings. The summed E-state index contributed by atoms with van der Waals surface area (Å²) in [5.41, 5.74) is 5.17. The smallest absolute Gasteiger partial charge is 0.122 e. The van der Waals surface area contributed by atoms with E-state index in [0.717, 1.165) is 12.3 Å². The largest absolute Gasteiger partial charge is 0.496 e. The fraction of sp³-hybridized carbons (Fsp3) is 0.625. The fourth-order valence-corrected chi connectivity index (χ4v) is 2.87. The van der Waals surface area contributed by atoms with Crippen LogP contribution >= 0.6 is 0 Å². The minimum Gasteiger partial charge on any atom is -0.496 e. The van der Waals surface area contributed by atoms with Crippen LogP contribution in [-0.2, 0) is 5.41 Å². The van der Waals surface area contributed by atoms with E-state index in [9.17, 15) is 0 Å². The highest BCUT2D eigenvalue weighted by molar-refractivity contribution is 5.51. The molecule has 0 aliphatic rings. The molecule has 19 heavy (non-hydrogen) atoms. The van der Waals surface area contributed by atoms with Crippen molar-refractivity contribution in [2.24, 2.45) is 0 Å². The lowest BCUT2D eigenvalue weighted by Gasteiger charge is -2.31. The van der Waals surface area contributed by atoms with Crippen LogP contribution in [-0.4, -0.2) is 31.9 Å². The van der Waals surface area contributed by atoms with Gasteiger partial charge >= 0.3 is 0 Å². The Morgan fingerprint density at radius 3 is 2.37 bits per heavy atom. The number of benzene rings is 1. The molecule has 3 heteroatoms. The van der Waals surface area contributed by atoms with Gasteiger partial charge in [0, 0.05) is 18.5 Å². The Kier molecular flexibility index (Phi) is 5.39. The first kappa shape index (κ1) is 16.0. The van der Waals surface area contributed by atoms with Gasteiger partial charge in [0.25, 0.3) is 0 Å². The van der Waals surface area contributed by atoms with Crippen LogP contribution in [0.15, 0.2) is 6.07 Å². The number of nitrogens with one attached hydrogen (secondary N) is 1. The second kappa shape index (κ2) is 6.40. The Bertz CT molecular complexity index is 439. The van der Waals surface area contributed by atoms with E-state index in [1.807, 2.05) is 0 Å². The molecule has 1 rings (SSSR count). The van der Waals surface area contributed by atoms with E-state index in [-0.39, 0.29) is 12.0 Å². The molecular formula is C16H27NO2. The number of aliphatic hydroxyl groups excluding tert-OH is 1. The van der Waals surface area contributed by atoms with E-state index >= 15 is 0 Å². The van der Waals surface area contributed by atoms with Gasteiger partial charge in [-0.25, -0.2) is 0 Å². The summed E-state index contributed by atoms with van der Waals surface area (Å²) >= 11 is 0. The van der Waals surface area contributed by atoms with Gasteiger partial charge in [-0.2, -0.15) is 0 Å². The Balaban J connectivity index is 3.15. The number of ether oxygens (including phenoxy) is 1. The molecule has 0 spiro atoms. The average Bonchev–Trinajstić information content (AvgIpc) is 2.33. The first-order valence-corrected chi connectivity index (χ1v) is 6.82. The maximum Gasteiger partial charge on any atom is 0.122 e. The third kappa shape index (κ3) is 3.48. The molecule has 108 valence electrons. The number of hydrogen-bond donors (Lipinski definition) is 2. The quantitative estimate of drug-likeness (QED) is 0.776. The highest BCUT2D eigenvalue weighted by Gasteiger charge is 2.26. The summed E-state index contributed by atoms with van der Waals surface area (Å²) in [6.45, 7) is 12.5. The highest BCUT2D eigenvalue weighted by Crippen LogP contribution is 2.35. The van der Waals surface area contributed by atoms with E-state index in [0.29, 0.717) is 6.54 Å². The van der Waals surface area contributed by atoms with Gasteiger partial charge in [0.2, 0.25) is 0 Å². The first-order chi connectivity index (χ1) is 8.85. The maximum atomic E-state index is 8.88. The van der Waals surface area contributed by atoms with Gasteiger partial charge in [-0.1, -0.05) is 13.8 Å². The van der Waals surface area contributed by atoms with Gasteiger partial charge in [-0.15, -0.1) is 0 Å². The fourth-order valence-electron chi connectivity index (χ4n) is 2.87. The van der Waals surface area contributed by atoms with E-state index in [1.165, 1.54) is 22.3 Å². The minimum absolute atomic E-state index is 0.0281. The summed E-state index contributed by atoms with van der Waals surface area (Å²) in [7, 11) is 1.72. The summed E-state index contributed by atoms with van der Waals surface area (Å²) < 4.78 is 5.42. The Labute approximate surface area is 117 Å². The zero-order chi connectivity index (χ0) is 14.6. The van der Waals surface area contributed by atoms with Crippen molar-refractivity contribution in [2.75, 3.05) is 26.8 Å². The molecule has 0 unspecified atom stereocenters. The molecule has 0 aromatic heterocycles. The number of hydrogen-bond acceptors (Lipinski definition) is 3. The van der Waals surface area contributed by atoms with Crippen LogP contribution < -0.4 is 10.1 Å². The molecule has 0 amide bonds. The summed E-state index contributed by atoms with van der Waals surface area (Å²) in [4.78, 5) is 0. The van der Waals surface area contributed by atoms with Crippen LogP contribution in [0.2, 0.25) is 0 Å². The molecule has 0 aliphatic carbocycles. The predicted molar refractivity (Wildman–Crippen MR) is 80.2 cm³/mol. The number of methoxy groups -OCH3 is 1. The summed E-state index contributed by atoms with van der Waals surface area (Å²) in [6.07, 6.45) is 0. The Morgan fingerprint density at radius 2 is 1.84 bits per heavy atom. The van der Waals surface area contributed by atoms with Gasteiger partial charge in [0.15, 0.2) is 0 Å². The van der Waals surface area contributed by atoms with Crippen molar-refractivity contribution in [1.82, 2.24) is 5.32 Å². The molecular weight excluding hydrogens is 238 g/mol. The molecule has 0 aliphatic heterocycles. The standard InChI is InChI=1S/C16H27NO2/c1-11-9-14(19-6)12(2)13(3)15(11)16(4,5)10-17-7-8-18/h9,17-18H,7-8,10H2,1-6H3. The third-order valence-electron chi connectivity index (χ3n) is 3.80. The van der Waals surface area contributed by atoms with Gasteiger partial charge in [0.05, 0.1) is 13.7 Å². The topological polar surface area (TPSA) is 41.5 Å². The first-order valence-electron chi connectivity index (χ1n) is 6.82. The molecule has 0 heterocycles. The van der Waals surface area contributed by atoms with Gasteiger partial charge < -0.3 is 15.2 Å². The predicted octanol–water partition coefficient (Wildman–Crippen LogP) is 2.48. The van der Waals surface area contributed by atoms with Crippen molar-refractivity contribution in [3.8, 4) is 5.75 Å². The summed E-state index contributed by atoms with van der Waals surface area (Å²) in [5, 5.41) is 12.2. The third-order valence-corrected chi connectivity index (χ3v) is 3.80. The van der Waals surface area contributed by atoms with Crippen LogP contribution in [0.5, 0.6) is 5.75 Å². The van der Waals surface area contributed by atoms with Gasteiger partial charge in [-0.05, 0) is 49.1 Å². The van der Waals surface area contributed by atoms with Crippen molar-refractivity contribution in [2.45, 2.75) is 40.0 Å². The van der Waals surface area contributed by atoms with E-state index in [1.54, 1.807) is 7.11 Å². The van der Waals surface area contributed by atoms with E-state index in [4.69, 9.17) is 9.84 Å². The average molecular weight is 265 g/mol. The zero-order valence-electron chi connectivity index (χ0n) is 13.1. The highest BCUT2D eigenvalue weighted by atomic mass is 16.5. The summed E-state index contributed by atoms with van der Waals surface area (Å²) in [5.74, 6) is 0.956. The second-order valence-corrected chi connectivity index (χ2v) is 5.80. The van der Waals surface area contributed by atoms with Gasteiger partial charge in [0.1, 0.15) is 5.75 Å². The lowest BCUT2D eigenvalue weighted by molar-refractivity contribution is 0.286. The number of rotatable bonds is 6. The number of aryl methyl sites for hydroxylation is 1. The van der Waals surface area contributed by atoms with Crippen LogP contribution in [0.3, 0.4) is 0 Å². The van der Waals surface area contributed by atoms with Crippen molar-refractivity contribution >= 4 is 0 Å². The van der Waals surface area contributed by atoms with Crippen LogP contribution in [0.1, 0.15) is 36.1 Å². The molecule has 0 bridgehead atoms. The lowest BCUT2D eigenvalue weighted by Crippen LogP contribution is -2.35. The van der Waals surface area contributed by atoms with Crippen molar-refractivity contribution < 1.29 is 9.84 Å². The van der Waals surface area contributed by atoms with Crippen molar-refractivity contribution in [1.29, 1.82) is 0 Å². The molecule has 2 N–H and O–H groups in total. The normalized spacial score (nSPS) is 11.7. The minimum atomic E-state index is 0.0281. The molecule has 0 atom stereocenters. The van der Waals surface area contributed by atoms with Crippen LogP contribution in [0, 0.1) is 20.8 Å². The Hall–Kier alpha value is -1.06. The molecule has 3 nitrogen and oxygen atoms in total. The van der Waals surface area contributed by atoms with Gasteiger partial charge in [-0.3, -0.25) is 0 Å². The maximum absolute atomic E-state index is 8.88.